The summed E-state index contributed by atoms with van der Waals surface area (Å²) in [6.07, 6.45) is 1.43. The molecule has 3 rings (SSSR count). The zero-order chi connectivity index (χ0) is 27.4. The van der Waals surface area contributed by atoms with Crippen LogP contribution in [0, 0.1) is 11.3 Å². The smallest absolute Gasteiger partial charge is 0.325 e. The fraction of sp³-hybridized carbons (Fsp3) is 0.600. The van der Waals surface area contributed by atoms with Crippen LogP contribution in [0.1, 0.15) is 52.5 Å². The summed E-state index contributed by atoms with van der Waals surface area (Å²) in [5.41, 5.74) is -0.498. The summed E-state index contributed by atoms with van der Waals surface area (Å²) < 4.78 is 38.8. The molecule has 1 aromatic carbocycles. The van der Waals surface area contributed by atoms with Crippen LogP contribution in [-0.4, -0.2) is 85.4 Å². The number of nitriles is 1. The lowest BCUT2D eigenvalue weighted by atomic mass is 10.1. The van der Waals surface area contributed by atoms with Gasteiger partial charge in [0, 0.05) is 12.6 Å². The molecule has 0 aromatic heterocycles. The first-order valence-corrected chi connectivity index (χ1v) is 13.8. The number of likely N-dealkylation sites (tertiary alicyclic amines) is 1. The molecule has 3 atom stereocenters. The molecular weight excluding hydrogens is 500 g/mol. The van der Waals surface area contributed by atoms with Crippen molar-refractivity contribution in [3.63, 3.8) is 0 Å². The fourth-order valence-corrected chi connectivity index (χ4v) is 6.41. The first kappa shape index (κ1) is 28.6. The minimum atomic E-state index is -4.18. The minimum absolute atomic E-state index is 0.0318. The topological polar surface area (TPSA) is 146 Å². The van der Waals surface area contributed by atoms with Crippen molar-refractivity contribution in [1.29, 1.82) is 5.26 Å². The molecule has 11 nitrogen and oxygen atoms in total. The van der Waals surface area contributed by atoms with Gasteiger partial charge in [0.15, 0.2) is 0 Å². The first-order chi connectivity index (χ1) is 17.4. The van der Waals surface area contributed by atoms with E-state index in [9.17, 15) is 28.1 Å². The molecule has 0 aliphatic carbocycles. The number of carbonyl (C=O) groups is 3. The van der Waals surface area contributed by atoms with Crippen LogP contribution in [0.3, 0.4) is 0 Å². The van der Waals surface area contributed by atoms with E-state index in [1.165, 1.54) is 24.3 Å². The van der Waals surface area contributed by atoms with Gasteiger partial charge in [0.2, 0.25) is 15.9 Å². The van der Waals surface area contributed by atoms with Crippen LogP contribution in [0.5, 0.6) is 0 Å². The van der Waals surface area contributed by atoms with E-state index in [1.807, 2.05) is 11.0 Å². The van der Waals surface area contributed by atoms with Gasteiger partial charge in [-0.3, -0.25) is 19.3 Å². The Hall–Kier alpha value is -3.01. The number of esters is 2. The summed E-state index contributed by atoms with van der Waals surface area (Å²) >= 11 is 0. The van der Waals surface area contributed by atoms with Crippen molar-refractivity contribution >= 4 is 27.9 Å². The molecule has 2 fully saturated rings. The molecule has 1 aromatic rings. The molecule has 0 bridgehead atoms. The lowest BCUT2D eigenvalue weighted by molar-refractivity contribution is -0.161. The minimum Gasteiger partial charge on any atom is -0.465 e. The maximum absolute atomic E-state index is 13.7. The van der Waals surface area contributed by atoms with Crippen molar-refractivity contribution in [3.05, 3.63) is 29.8 Å². The molecule has 202 valence electrons. The molecular formula is C25H34N4O7S. The van der Waals surface area contributed by atoms with Gasteiger partial charge in [-0.1, -0.05) is 6.07 Å². The van der Waals surface area contributed by atoms with Crippen LogP contribution in [0.15, 0.2) is 29.2 Å². The standard InChI is InChI=1S/C25H34N4O7S/c1-5-35-22(30)15-27-23(31)21-13-18(28-11-7-10-20(28)24(32)36-25(2,3)4)16-29(21)37(33,34)19-9-6-8-17(12-19)14-26/h6,8-9,12,18,20-21H,5,7,10-11,13,15-16H2,1-4H3,(H,27,31)/t18-,20-,21?/m1/s1. The number of carbonyl (C=O) groups excluding carboxylic acids is 3. The second-order valence-electron chi connectivity index (χ2n) is 10.1. The third-order valence-corrected chi connectivity index (χ3v) is 8.13. The number of hydrogen-bond acceptors (Lipinski definition) is 9. The number of nitrogens with one attached hydrogen (secondary N) is 1. The average Bonchev–Trinajstić information content (AvgIpc) is 3.49. The third kappa shape index (κ3) is 6.85. The second kappa shape index (κ2) is 11.6. The highest BCUT2D eigenvalue weighted by molar-refractivity contribution is 7.89. The highest BCUT2D eigenvalue weighted by Crippen LogP contribution is 2.33. The van der Waals surface area contributed by atoms with Gasteiger partial charge in [0.25, 0.3) is 0 Å². The summed E-state index contributed by atoms with van der Waals surface area (Å²) in [4.78, 5) is 39.6. The van der Waals surface area contributed by atoms with E-state index in [0.29, 0.717) is 13.0 Å². The zero-order valence-electron chi connectivity index (χ0n) is 21.6. The van der Waals surface area contributed by atoms with Crippen LogP contribution in [0.25, 0.3) is 0 Å². The van der Waals surface area contributed by atoms with Gasteiger partial charge >= 0.3 is 11.9 Å². The Morgan fingerprint density at radius 3 is 2.59 bits per heavy atom. The molecule has 1 N–H and O–H groups in total. The molecule has 2 heterocycles. The number of benzene rings is 1. The third-order valence-electron chi connectivity index (χ3n) is 6.26. The number of amides is 1. The van der Waals surface area contributed by atoms with Crippen LogP contribution in [0.4, 0.5) is 0 Å². The summed E-state index contributed by atoms with van der Waals surface area (Å²) in [6.45, 7) is 7.28. The van der Waals surface area contributed by atoms with Gasteiger partial charge in [-0.2, -0.15) is 9.57 Å². The van der Waals surface area contributed by atoms with E-state index >= 15 is 0 Å². The van der Waals surface area contributed by atoms with Gasteiger partial charge in [-0.25, -0.2) is 8.42 Å². The van der Waals surface area contributed by atoms with Gasteiger partial charge in [-0.15, -0.1) is 0 Å². The Labute approximate surface area is 217 Å². The Morgan fingerprint density at radius 2 is 1.95 bits per heavy atom. The van der Waals surface area contributed by atoms with Crippen molar-refractivity contribution in [1.82, 2.24) is 14.5 Å². The Kier molecular flexibility index (Phi) is 8.94. The van der Waals surface area contributed by atoms with Gasteiger partial charge in [0.05, 0.1) is 23.1 Å². The van der Waals surface area contributed by atoms with E-state index in [2.05, 4.69) is 5.32 Å². The number of rotatable bonds is 8. The number of hydrogen-bond donors (Lipinski definition) is 1. The molecule has 12 heteroatoms. The molecule has 0 saturated carbocycles. The summed E-state index contributed by atoms with van der Waals surface area (Å²) in [7, 11) is -4.18. The normalized spacial score (nSPS) is 22.8. The molecule has 2 saturated heterocycles. The van der Waals surface area contributed by atoms with Gasteiger partial charge < -0.3 is 14.8 Å². The predicted octanol–water partition coefficient (Wildman–Crippen LogP) is 1.18. The van der Waals surface area contributed by atoms with Crippen molar-refractivity contribution < 1.29 is 32.3 Å². The highest BCUT2D eigenvalue weighted by Gasteiger charge is 2.49. The maximum atomic E-state index is 13.7. The molecule has 37 heavy (non-hydrogen) atoms. The second-order valence-corrected chi connectivity index (χ2v) is 12.0. The predicted molar refractivity (Wildman–Crippen MR) is 132 cm³/mol. The summed E-state index contributed by atoms with van der Waals surface area (Å²) in [6, 6.07) is 5.43. The molecule has 0 spiro atoms. The maximum Gasteiger partial charge on any atom is 0.325 e. The number of sulfonamides is 1. The van der Waals surface area contributed by atoms with E-state index in [-0.39, 0.29) is 36.0 Å². The zero-order valence-corrected chi connectivity index (χ0v) is 22.4. The highest BCUT2D eigenvalue weighted by atomic mass is 32.2. The number of nitrogens with zero attached hydrogens (tertiary/aromatic N) is 3. The molecule has 1 amide bonds. The SMILES string of the molecule is CCOC(=O)CNC(=O)C1C[C@@H](N2CCC[C@@H]2C(=O)OC(C)(C)C)CN1S(=O)(=O)c1cccc(C#N)c1. The van der Waals surface area contributed by atoms with E-state index < -0.39 is 52.2 Å². The van der Waals surface area contributed by atoms with Crippen molar-refractivity contribution in [2.45, 2.75) is 75.6 Å². The molecule has 2 aliphatic heterocycles. The summed E-state index contributed by atoms with van der Waals surface area (Å²) in [5, 5.41) is 11.7. The van der Waals surface area contributed by atoms with Crippen LogP contribution >= 0.6 is 0 Å². The number of ether oxygens (including phenoxy) is 2. The Morgan fingerprint density at radius 1 is 1.22 bits per heavy atom. The van der Waals surface area contributed by atoms with E-state index in [1.54, 1.807) is 27.7 Å². The van der Waals surface area contributed by atoms with Gasteiger partial charge in [0.1, 0.15) is 24.2 Å². The molecule has 0 radical (unpaired) electrons. The van der Waals surface area contributed by atoms with Crippen LogP contribution < -0.4 is 5.32 Å². The lowest BCUT2D eigenvalue weighted by Gasteiger charge is -2.31. The van der Waals surface area contributed by atoms with Crippen molar-refractivity contribution in [2.75, 3.05) is 26.2 Å². The Balaban J connectivity index is 1.89. The largest absolute Gasteiger partial charge is 0.465 e. The van der Waals surface area contributed by atoms with Crippen molar-refractivity contribution in [2.24, 2.45) is 0 Å². The summed E-state index contributed by atoms with van der Waals surface area (Å²) in [5.74, 6) is -1.65. The average molecular weight is 535 g/mol. The first-order valence-electron chi connectivity index (χ1n) is 12.3. The van der Waals surface area contributed by atoms with Crippen molar-refractivity contribution in [3.8, 4) is 6.07 Å². The van der Waals surface area contributed by atoms with Crippen LogP contribution in [-0.2, 0) is 33.9 Å². The van der Waals surface area contributed by atoms with Gasteiger partial charge in [-0.05, 0) is 71.7 Å². The van der Waals surface area contributed by atoms with Crippen LogP contribution in [0.2, 0.25) is 0 Å². The Bertz CT molecular complexity index is 1170. The van der Waals surface area contributed by atoms with E-state index in [4.69, 9.17) is 9.47 Å². The fourth-order valence-electron chi connectivity index (χ4n) is 4.73. The lowest BCUT2D eigenvalue weighted by Crippen LogP contribution is -2.47. The quantitative estimate of drug-likeness (QED) is 0.486. The molecule has 1 unspecified atom stereocenters. The monoisotopic (exact) mass is 534 g/mol. The van der Waals surface area contributed by atoms with E-state index in [0.717, 1.165) is 10.7 Å². The molecule has 2 aliphatic rings.